The highest BCUT2D eigenvalue weighted by atomic mass is 16.6. The zero-order chi connectivity index (χ0) is 20.4. The second-order valence-corrected chi connectivity index (χ2v) is 6.58. The summed E-state index contributed by atoms with van der Waals surface area (Å²) in [5, 5.41) is 11.7. The second-order valence-electron chi connectivity index (χ2n) is 6.58. The van der Waals surface area contributed by atoms with Crippen molar-refractivity contribution in [1.82, 2.24) is 4.90 Å². The monoisotopic (exact) mass is 386 g/mol. The summed E-state index contributed by atoms with van der Waals surface area (Å²) in [6.45, 7) is 4.30. The molecule has 0 bridgehead atoms. The lowest BCUT2D eigenvalue weighted by Crippen LogP contribution is -2.34. The number of hydrogen-bond acceptors (Lipinski definition) is 7. The highest BCUT2D eigenvalue weighted by Gasteiger charge is 2.44. The minimum atomic E-state index is -0.919. The lowest BCUT2D eigenvalue weighted by Gasteiger charge is -2.35. The highest BCUT2D eigenvalue weighted by molar-refractivity contribution is 6.00. The Morgan fingerprint density at radius 2 is 1.96 bits per heavy atom. The van der Waals surface area contributed by atoms with E-state index in [4.69, 9.17) is 9.47 Å². The number of para-hydroxylation sites is 1. The number of ether oxygens (including phenoxy) is 2. The van der Waals surface area contributed by atoms with Crippen LogP contribution < -0.4 is 0 Å². The SMILES string of the molecule is CCOC(=O)C1=C2CCCN2C(C)=C(C(=O)OC)C1c1ccccc1[N+](=O)[O-]. The smallest absolute Gasteiger partial charge is 0.336 e. The van der Waals surface area contributed by atoms with E-state index in [1.165, 1.54) is 13.2 Å². The standard InChI is InChI=1S/C20H22N2O6/c1-4-28-20(24)18-15-10-7-11-21(15)12(2)16(19(23)27-3)17(18)13-8-5-6-9-14(13)22(25)26/h5-6,8-9,17H,4,7,10-11H2,1-3H3. The van der Waals surface area contributed by atoms with Gasteiger partial charge in [-0.05, 0) is 26.7 Å². The van der Waals surface area contributed by atoms with Gasteiger partial charge in [-0.3, -0.25) is 10.1 Å². The number of esters is 2. The van der Waals surface area contributed by atoms with Crippen molar-refractivity contribution in [2.75, 3.05) is 20.3 Å². The van der Waals surface area contributed by atoms with Gasteiger partial charge in [0, 0.05) is 29.6 Å². The first-order valence-electron chi connectivity index (χ1n) is 9.12. The molecule has 8 nitrogen and oxygen atoms in total. The Balaban J connectivity index is 2.32. The maximum absolute atomic E-state index is 12.9. The molecule has 1 fully saturated rings. The third kappa shape index (κ3) is 3.15. The van der Waals surface area contributed by atoms with Gasteiger partial charge in [-0.25, -0.2) is 9.59 Å². The summed E-state index contributed by atoms with van der Waals surface area (Å²) in [5.74, 6) is -2.10. The fourth-order valence-electron chi connectivity index (χ4n) is 4.02. The average Bonchev–Trinajstić information content (AvgIpc) is 3.17. The number of allylic oxidation sites excluding steroid dienone is 2. The molecule has 0 spiro atoms. The maximum Gasteiger partial charge on any atom is 0.336 e. The third-order valence-electron chi connectivity index (χ3n) is 5.15. The predicted octanol–water partition coefficient (Wildman–Crippen LogP) is 3.05. The van der Waals surface area contributed by atoms with Crippen molar-refractivity contribution in [3.05, 3.63) is 62.5 Å². The molecule has 1 aromatic rings. The topological polar surface area (TPSA) is 99.0 Å². The Morgan fingerprint density at radius 3 is 2.61 bits per heavy atom. The molecule has 2 heterocycles. The molecular weight excluding hydrogens is 364 g/mol. The van der Waals surface area contributed by atoms with Crippen LogP contribution in [0, 0.1) is 10.1 Å². The van der Waals surface area contributed by atoms with Gasteiger partial charge in [0.05, 0.1) is 35.7 Å². The Kier molecular flexibility index (Phi) is 5.48. The van der Waals surface area contributed by atoms with Crippen LogP contribution in [-0.4, -0.2) is 42.0 Å². The summed E-state index contributed by atoms with van der Waals surface area (Å²) in [7, 11) is 1.26. The maximum atomic E-state index is 12.9. The van der Waals surface area contributed by atoms with Crippen molar-refractivity contribution >= 4 is 17.6 Å². The third-order valence-corrected chi connectivity index (χ3v) is 5.15. The molecule has 1 aromatic carbocycles. The predicted molar refractivity (Wildman–Crippen MR) is 100 cm³/mol. The van der Waals surface area contributed by atoms with Crippen LogP contribution in [0.25, 0.3) is 0 Å². The van der Waals surface area contributed by atoms with Gasteiger partial charge < -0.3 is 14.4 Å². The first-order valence-corrected chi connectivity index (χ1v) is 9.12. The van der Waals surface area contributed by atoms with Crippen LogP contribution in [0.2, 0.25) is 0 Å². The Morgan fingerprint density at radius 1 is 1.25 bits per heavy atom. The lowest BCUT2D eigenvalue weighted by molar-refractivity contribution is -0.385. The van der Waals surface area contributed by atoms with E-state index in [0.29, 0.717) is 18.7 Å². The number of hydrogen-bond donors (Lipinski definition) is 0. The number of methoxy groups -OCH3 is 1. The molecule has 0 aliphatic carbocycles. The van der Waals surface area contributed by atoms with Crippen LogP contribution in [0.1, 0.15) is 38.2 Å². The summed E-state index contributed by atoms with van der Waals surface area (Å²) >= 11 is 0. The lowest BCUT2D eigenvalue weighted by atomic mass is 9.79. The van der Waals surface area contributed by atoms with Crippen LogP contribution in [-0.2, 0) is 19.1 Å². The summed E-state index contributed by atoms with van der Waals surface area (Å²) in [6.07, 6.45) is 1.45. The summed E-state index contributed by atoms with van der Waals surface area (Å²) in [6, 6.07) is 6.15. The quantitative estimate of drug-likeness (QED) is 0.436. The number of nitro groups is 1. The zero-order valence-electron chi connectivity index (χ0n) is 16.1. The first kappa shape index (κ1) is 19.6. The average molecular weight is 386 g/mol. The molecule has 148 valence electrons. The van der Waals surface area contributed by atoms with Gasteiger partial charge in [0.2, 0.25) is 0 Å². The minimum Gasteiger partial charge on any atom is -0.466 e. The molecule has 1 unspecified atom stereocenters. The molecule has 1 atom stereocenters. The summed E-state index contributed by atoms with van der Waals surface area (Å²) in [4.78, 5) is 38.7. The van der Waals surface area contributed by atoms with Crippen molar-refractivity contribution in [3.8, 4) is 0 Å². The molecular formula is C20H22N2O6. The fraction of sp³-hybridized carbons (Fsp3) is 0.400. The number of nitro benzene ring substituents is 1. The van der Waals surface area contributed by atoms with Crippen LogP contribution >= 0.6 is 0 Å². The van der Waals surface area contributed by atoms with E-state index in [9.17, 15) is 19.7 Å². The van der Waals surface area contributed by atoms with Gasteiger partial charge in [0.1, 0.15) is 0 Å². The molecule has 0 amide bonds. The van der Waals surface area contributed by atoms with Crippen LogP contribution in [0.15, 0.2) is 46.8 Å². The van der Waals surface area contributed by atoms with E-state index in [2.05, 4.69) is 0 Å². The van der Waals surface area contributed by atoms with E-state index in [0.717, 1.165) is 12.1 Å². The molecule has 28 heavy (non-hydrogen) atoms. The van der Waals surface area contributed by atoms with E-state index < -0.39 is 22.8 Å². The Labute approximate surface area is 162 Å². The number of nitrogens with zero attached hydrogens (tertiary/aromatic N) is 2. The summed E-state index contributed by atoms with van der Waals surface area (Å²) < 4.78 is 10.3. The van der Waals surface area contributed by atoms with Gasteiger partial charge in [-0.15, -0.1) is 0 Å². The first-order chi connectivity index (χ1) is 13.4. The molecule has 8 heteroatoms. The molecule has 0 N–H and O–H groups in total. The second kappa shape index (κ2) is 7.84. The van der Waals surface area contributed by atoms with E-state index in [1.807, 2.05) is 4.90 Å². The van der Waals surface area contributed by atoms with E-state index >= 15 is 0 Å². The van der Waals surface area contributed by atoms with Gasteiger partial charge in [0.25, 0.3) is 5.69 Å². The van der Waals surface area contributed by atoms with E-state index in [1.54, 1.807) is 32.0 Å². The number of benzene rings is 1. The Hall–Kier alpha value is -3.16. The normalized spacial score (nSPS) is 18.8. The van der Waals surface area contributed by atoms with E-state index in [-0.39, 0.29) is 29.0 Å². The van der Waals surface area contributed by atoms with Gasteiger partial charge >= 0.3 is 11.9 Å². The van der Waals surface area contributed by atoms with Crippen LogP contribution in [0.4, 0.5) is 5.69 Å². The highest BCUT2D eigenvalue weighted by Crippen LogP contribution is 2.47. The molecule has 2 aliphatic heterocycles. The largest absolute Gasteiger partial charge is 0.466 e. The van der Waals surface area contributed by atoms with Gasteiger partial charge in [-0.1, -0.05) is 18.2 Å². The molecule has 0 saturated carbocycles. The number of carbonyl (C=O) groups excluding carboxylic acids is 2. The van der Waals surface area contributed by atoms with Crippen molar-refractivity contribution < 1.29 is 24.0 Å². The van der Waals surface area contributed by atoms with Crippen molar-refractivity contribution in [2.45, 2.75) is 32.6 Å². The zero-order valence-corrected chi connectivity index (χ0v) is 16.1. The summed E-state index contributed by atoms with van der Waals surface area (Å²) in [5.41, 5.74) is 2.03. The molecule has 0 aromatic heterocycles. The molecule has 2 aliphatic rings. The fourth-order valence-corrected chi connectivity index (χ4v) is 4.02. The molecule has 0 radical (unpaired) electrons. The number of fused-ring (bicyclic) bond motifs is 1. The van der Waals surface area contributed by atoms with Crippen molar-refractivity contribution in [1.29, 1.82) is 0 Å². The van der Waals surface area contributed by atoms with Crippen molar-refractivity contribution in [3.63, 3.8) is 0 Å². The molecule has 3 rings (SSSR count). The molecule has 1 saturated heterocycles. The van der Waals surface area contributed by atoms with Gasteiger partial charge in [0.15, 0.2) is 0 Å². The number of rotatable bonds is 5. The van der Waals surface area contributed by atoms with Crippen molar-refractivity contribution in [2.24, 2.45) is 0 Å². The minimum absolute atomic E-state index is 0.157. The number of carbonyl (C=O) groups is 2. The van der Waals surface area contributed by atoms with Gasteiger partial charge in [-0.2, -0.15) is 0 Å². The van der Waals surface area contributed by atoms with Crippen LogP contribution in [0.5, 0.6) is 0 Å². The van der Waals surface area contributed by atoms with Crippen LogP contribution in [0.3, 0.4) is 0 Å². The Bertz CT molecular complexity index is 902.